The lowest BCUT2D eigenvalue weighted by molar-refractivity contribution is -0.984. The van der Waals surface area contributed by atoms with Crippen LogP contribution >= 0.6 is 0 Å². The van der Waals surface area contributed by atoms with E-state index >= 15 is 0 Å². The summed E-state index contributed by atoms with van der Waals surface area (Å²) in [4.78, 5) is 4.52. The number of nitrogens with zero attached hydrogens (tertiary/aromatic N) is 2. The average Bonchev–Trinajstić information content (AvgIpc) is 2.83. The van der Waals surface area contributed by atoms with Crippen LogP contribution in [0.25, 0.3) is 10.9 Å². The predicted octanol–water partition coefficient (Wildman–Crippen LogP) is 1.89. The first-order chi connectivity index (χ1) is 15.1. The lowest BCUT2D eigenvalue weighted by atomic mass is 9.71. The van der Waals surface area contributed by atoms with E-state index in [0.29, 0.717) is 11.8 Å². The van der Waals surface area contributed by atoms with Gasteiger partial charge < -0.3 is 26.7 Å². The molecule has 0 saturated carbocycles. The van der Waals surface area contributed by atoms with Crippen molar-refractivity contribution in [3.8, 4) is 5.75 Å². The van der Waals surface area contributed by atoms with Gasteiger partial charge in [-0.1, -0.05) is 36.4 Å². The maximum absolute atomic E-state index is 11.8. The molecular formula is C27H31ClN2O2. The Kier molecular flexibility index (Phi) is 6.57. The van der Waals surface area contributed by atoms with Crippen molar-refractivity contribution in [3.05, 3.63) is 84.6 Å². The number of halogens is 1. The Bertz CT molecular complexity index is 1090. The molecule has 3 aliphatic heterocycles. The Balaban J connectivity index is 0.00000245. The van der Waals surface area contributed by atoms with E-state index in [4.69, 9.17) is 4.74 Å². The number of ether oxygens (including phenoxy) is 1. The van der Waals surface area contributed by atoms with Gasteiger partial charge >= 0.3 is 0 Å². The molecule has 3 aromatic rings. The first kappa shape index (κ1) is 22.8. The van der Waals surface area contributed by atoms with Crippen molar-refractivity contribution in [2.75, 3.05) is 20.2 Å². The number of rotatable bonds is 6. The second-order valence-electron chi connectivity index (χ2n) is 9.25. The molecule has 3 fully saturated rings. The maximum Gasteiger partial charge on any atom is 0.131 e. The SMILES string of the molecule is C=CC1C[N+]2(Cc3ccccc3)CCC1C[C@H]2[C@H](O)c1ccnc2ccc(OC)cc12.[Cl-]. The van der Waals surface area contributed by atoms with E-state index in [2.05, 4.69) is 48.0 Å². The van der Waals surface area contributed by atoms with Crippen molar-refractivity contribution in [2.24, 2.45) is 11.8 Å². The number of hydrogen-bond acceptors (Lipinski definition) is 3. The van der Waals surface area contributed by atoms with Gasteiger partial charge in [0.25, 0.3) is 0 Å². The van der Waals surface area contributed by atoms with Crippen molar-refractivity contribution in [1.29, 1.82) is 0 Å². The van der Waals surface area contributed by atoms with Crippen LogP contribution < -0.4 is 17.1 Å². The van der Waals surface area contributed by atoms with Crippen LogP contribution in [0.1, 0.15) is 30.1 Å². The Morgan fingerprint density at radius 1 is 1.22 bits per heavy atom. The third-order valence-electron chi connectivity index (χ3n) is 7.68. The maximum atomic E-state index is 11.8. The number of aliphatic hydroxyl groups excluding tert-OH is 1. The van der Waals surface area contributed by atoms with Gasteiger partial charge in [0.2, 0.25) is 0 Å². The fourth-order valence-corrected chi connectivity index (χ4v) is 6.07. The summed E-state index contributed by atoms with van der Waals surface area (Å²) in [5.74, 6) is 1.92. The summed E-state index contributed by atoms with van der Waals surface area (Å²) in [5.41, 5.74) is 3.19. The lowest BCUT2D eigenvalue weighted by Crippen LogP contribution is -3.00. The molecule has 168 valence electrons. The molecule has 1 aromatic heterocycles. The predicted molar refractivity (Wildman–Crippen MR) is 124 cm³/mol. The minimum Gasteiger partial charge on any atom is -1.00 e. The highest BCUT2D eigenvalue weighted by atomic mass is 35.5. The first-order valence-electron chi connectivity index (χ1n) is 11.3. The molecule has 0 amide bonds. The zero-order chi connectivity index (χ0) is 21.4. The number of methoxy groups -OCH3 is 1. The fraction of sp³-hybridized carbons (Fsp3) is 0.370. The van der Waals surface area contributed by atoms with E-state index < -0.39 is 6.10 Å². The van der Waals surface area contributed by atoms with E-state index in [-0.39, 0.29) is 18.4 Å². The highest BCUT2D eigenvalue weighted by Crippen LogP contribution is 2.48. The van der Waals surface area contributed by atoms with Gasteiger partial charge in [-0.15, -0.1) is 6.58 Å². The Labute approximate surface area is 196 Å². The molecule has 3 aliphatic rings. The second-order valence-corrected chi connectivity index (χ2v) is 9.25. The molecule has 0 aliphatic carbocycles. The number of piperidine rings is 3. The van der Waals surface area contributed by atoms with E-state index in [1.165, 1.54) is 12.0 Å². The molecule has 1 N–H and O–H groups in total. The quantitative estimate of drug-likeness (QED) is 0.460. The number of pyridine rings is 1. The van der Waals surface area contributed by atoms with Gasteiger partial charge in [0.1, 0.15) is 24.4 Å². The highest BCUT2D eigenvalue weighted by molar-refractivity contribution is 5.83. The van der Waals surface area contributed by atoms with Crippen molar-refractivity contribution in [1.82, 2.24) is 4.98 Å². The summed E-state index contributed by atoms with van der Waals surface area (Å²) in [5, 5.41) is 12.8. The zero-order valence-electron chi connectivity index (χ0n) is 18.5. The summed E-state index contributed by atoms with van der Waals surface area (Å²) in [6.45, 7) is 7.25. The third-order valence-corrected chi connectivity index (χ3v) is 7.68. The zero-order valence-corrected chi connectivity index (χ0v) is 19.3. The van der Waals surface area contributed by atoms with Gasteiger partial charge in [-0.3, -0.25) is 4.98 Å². The van der Waals surface area contributed by atoms with Crippen LogP contribution in [0.5, 0.6) is 5.75 Å². The van der Waals surface area contributed by atoms with Gasteiger partial charge in [0.05, 0.1) is 25.7 Å². The van der Waals surface area contributed by atoms with Crippen LogP contribution in [0.15, 0.2) is 73.4 Å². The van der Waals surface area contributed by atoms with Crippen LogP contribution in [-0.4, -0.2) is 40.8 Å². The third kappa shape index (κ3) is 3.92. The number of fused-ring (bicyclic) bond motifs is 4. The Morgan fingerprint density at radius 2 is 2.03 bits per heavy atom. The number of quaternary nitrogens is 1. The Morgan fingerprint density at radius 3 is 2.78 bits per heavy atom. The summed E-state index contributed by atoms with van der Waals surface area (Å²) in [7, 11) is 1.68. The van der Waals surface area contributed by atoms with Crippen molar-refractivity contribution in [2.45, 2.75) is 31.5 Å². The summed E-state index contributed by atoms with van der Waals surface area (Å²) < 4.78 is 6.38. The molecule has 4 nitrogen and oxygen atoms in total. The molecule has 2 aromatic carbocycles. The topological polar surface area (TPSA) is 42.4 Å². The lowest BCUT2D eigenvalue weighted by Gasteiger charge is -2.58. The number of benzene rings is 2. The summed E-state index contributed by atoms with van der Waals surface area (Å²) in [6, 6.07) is 18.8. The molecule has 4 heterocycles. The molecule has 5 atom stereocenters. The molecule has 3 unspecified atom stereocenters. The number of hydrogen-bond donors (Lipinski definition) is 1. The van der Waals surface area contributed by atoms with Gasteiger partial charge in [-0.25, -0.2) is 0 Å². The molecule has 3 saturated heterocycles. The van der Waals surface area contributed by atoms with Crippen LogP contribution in [-0.2, 0) is 6.54 Å². The van der Waals surface area contributed by atoms with Crippen LogP contribution in [0.4, 0.5) is 0 Å². The monoisotopic (exact) mass is 450 g/mol. The largest absolute Gasteiger partial charge is 1.00 e. The van der Waals surface area contributed by atoms with Gasteiger partial charge in [0, 0.05) is 35.9 Å². The van der Waals surface area contributed by atoms with Crippen molar-refractivity contribution < 1.29 is 26.7 Å². The highest BCUT2D eigenvalue weighted by Gasteiger charge is 2.53. The van der Waals surface area contributed by atoms with E-state index in [1.807, 2.05) is 30.5 Å². The molecule has 6 rings (SSSR count). The average molecular weight is 451 g/mol. The van der Waals surface area contributed by atoms with Gasteiger partial charge in [-0.05, 0) is 35.7 Å². The number of aromatic nitrogens is 1. The summed E-state index contributed by atoms with van der Waals surface area (Å²) in [6.07, 6.45) is 5.65. The van der Waals surface area contributed by atoms with Crippen LogP contribution in [0.3, 0.4) is 0 Å². The van der Waals surface area contributed by atoms with Gasteiger partial charge in [-0.2, -0.15) is 0 Å². The second kappa shape index (κ2) is 9.22. The smallest absolute Gasteiger partial charge is 0.131 e. The molecule has 0 spiro atoms. The molecule has 0 radical (unpaired) electrons. The van der Waals surface area contributed by atoms with Gasteiger partial charge in [0.15, 0.2) is 0 Å². The van der Waals surface area contributed by atoms with Crippen LogP contribution in [0, 0.1) is 11.8 Å². The van der Waals surface area contributed by atoms with Crippen molar-refractivity contribution >= 4 is 10.9 Å². The standard InChI is InChI=1S/C27H31N2O2.ClH/c1-3-20-18-29(17-19-7-5-4-6-8-19)14-12-21(20)15-26(29)27(30)23-11-13-28-25-10-9-22(31-2)16-24(23)25;/h3-11,13,16,20-21,26-27,30H,1,12,14-15,17-18H2,2H3;1H/q+1;/p-1/t20?,21?,26-,27+,29?;/m0./s1. The molecule has 2 bridgehead atoms. The summed E-state index contributed by atoms with van der Waals surface area (Å²) >= 11 is 0. The van der Waals surface area contributed by atoms with E-state index in [9.17, 15) is 5.11 Å². The number of aliphatic hydroxyl groups is 1. The minimum atomic E-state index is -0.546. The van der Waals surface area contributed by atoms with Crippen molar-refractivity contribution in [3.63, 3.8) is 0 Å². The van der Waals surface area contributed by atoms with E-state index in [0.717, 1.165) is 52.8 Å². The fourth-order valence-electron chi connectivity index (χ4n) is 6.07. The van der Waals surface area contributed by atoms with E-state index in [1.54, 1.807) is 7.11 Å². The molecule has 32 heavy (non-hydrogen) atoms. The molecular weight excluding hydrogens is 420 g/mol. The Hall–Kier alpha value is -2.40. The van der Waals surface area contributed by atoms with Crippen LogP contribution in [0.2, 0.25) is 0 Å². The first-order valence-corrected chi connectivity index (χ1v) is 11.3. The normalized spacial score (nSPS) is 27.5. The minimum absolute atomic E-state index is 0. The molecule has 5 heteroatoms.